The molecule has 0 amide bonds. The Hall–Kier alpha value is -5.14. The zero-order chi connectivity index (χ0) is 39.9. The van der Waals surface area contributed by atoms with Gasteiger partial charge in [0.15, 0.2) is 0 Å². The van der Waals surface area contributed by atoms with Gasteiger partial charge in [-0.1, -0.05) is 80.3 Å². The average molecular weight is 998 g/mol. The van der Waals surface area contributed by atoms with Gasteiger partial charge in [0.05, 0.1) is 22.4 Å². The number of rotatable bonds is 6. The number of furan rings is 1. The van der Waals surface area contributed by atoms with Crippen LogP contribution >= 0.6 is 0 Å². The summed E-state index contributed by atoms with van der Waals surface area (Å²) in [6.07, 6.45) is 3.19. The van der Waals surface area contributed by atoms with E-state index in [2.05, 4.69) is 163 Å². The number of fused-ring (bicyclic) bond motifs is 4. The topological polar surface area (TPSA) is 56.7 Å². The van der Waals surface area contributed by atoms with Crippen LogP contribution in [-0.4, -0.2) is 32.8 Å². The Morgan fingerprint density at radius 2 is 1.50 bits per heavy atom. The van der Waals surface area contributed by atoms with Crippen LogP contribution in [0.25, 0.3) is 72.6 Å². The number of hydrogen-bond donors (Lipinski definition) is 0. The Bertz CT molecular complexity index is 2870. The van der Waals surface area contributed by atoms with E-state index in [0.29, 0.717) is 5.71 Å². The molecule has 1 radical (unpaired) electrons. The third-order valence-corrected chi connectivity index (χ3v) is 14.9. The molecular formula is C51H48GeIrN4O-2. The molecule has 0 atom stereocenters. The second-order valence-electron chi connectivity index (χ2n) is 16.7. The van der Waals surface area contributed by atoms with E-state index < -0.39 is 13.3 Å². The van der Waals surface area contributed by atoms with Crippen LogP contribution in [0, 0.1) is 19.1 Å². The smallest absolute Gasteiger partial charge is 0.216 e. The fourth-order valence-corrected chi connectivity index (χ4v) is 11.1. The molecular weight excluding hydrogens is 949 g/mol. The third kappa shape index (κ3) is 8.11. The molecule has 7 heteroatoms. The number of pyridine rings is 2. The molecule has 293 valence electrons. The maximum Gasteiger partial charge on any atom is 0.216 e. The molecule has 4 heterocycles. The van der Waals surface area contributed by atoms with E-state index in [9.17, 15) is 0 Å². The second-order valence-corrected chi connectivity index (χ2v) is 27.3. The second kappa shape index (κ2) is 16.6. The third-order valence-electron chi connectivity index (χ3n) is 10.5. The normalized spacial score (nSPS) is 11.7. The van der Waals surface area contributed by atoms with Crippen molar-refractivity contribution in [3.8, 4) is 39.5 Å². The summed E-state index contributed by atoms with van der Waals surface area (Å²) < 4.78 is 10.2. The molecule has 5 nitrogen and oxygen atoms in total. The summed E-state index contributed by atoms with van der Waals surface area (Å²) >= 11 is -1.80. The van der Waals surface area contributed by atoms with Crippen molar-refractivity contribution >= 4 is 50.8 Å². The van der Waals surface area contributed by atoms with Crippen molar-refractivity contribution in [2.24, 2.45) is 0 Å². The van der Waals surface area contributed by atoms with E-state index in [1.54, 1.807) is 0 Å². The predicted octanol–water partition coefficient (Wildman–Crippen LogP) is 12.7. The largest absolute Gasteiger partial charge is 0.486 e. The van der Waals surface area contributed by atoms with Crippen LogP contribution in [0.4, 0.5) is 0 Å². The molecule has 9 rings (SSSR count). The maximum atomic E-state index is 6.38. The Morgan fingerprint density at radius 1 is 0.741 bits per heavy atom. The first kappa shape index (κ1) is 41.0. The van der Waals surface area contributed by atoms with Crippen LogP contribution in [0.3, 0.4) is 0 Å². The number of aryl methyl sites for hydroxylation is 2. The summed E-state index contributed by atoms with van der Waals surface area (Å²) in [6, 6.07) is 50.7. The van der Waals surface area contributed by atoms with Crippen LogP contribution < -0.4 is 4.40 Å². The van der Waals surface area contributed by atoms with Gasteiger partial charge in [-0.3, -0.25) is 4.98 Å². The van der Waals surface area contributed by atoms with Gasteiger partial charge in [0.25, 0.3) is 0 Å². The molecule has 9 aromatic rings. The van der Waals surface area contributed by atoms with Crippen molar-refractivity contribution in [2.75, 3.05) is 0 Å². The van der Waals surface area contributed by atoms with Crippen molar-refractivity contribution in [3.63, 3.8) is 0 Å². The van der Waals surface area contributed by atoms with Gasteiger partial charge in [0, 0.05) is 36.9 Å². The minimum Gasteiger partial charge on any atom is -0.486 e. The molecule has 0 aliphatic carbocycles. The van der Waals surface area contributed by atoms with Crippen molar-refractivity contribution < 1.29 is 24.5 Å². The molecule has 0 bridgehead atoms. The van der Waals surface area contributed by atoms with Crippen molar-refractivity contribution in [1.82, 2.24) is 19.5 Å². The number of imidazole rings is 1. The Kier molecular flexibility index (Phi) is 11.8. The fraction of sp³-hybridized carbons (Fsp3) is 0.196. The molecule has 0 spiro atoms. The molecule has 0 saturated carbocycles. The molecule has 0 N–H and O–H groups in total. The van der Waals surface area contributed by atoms with Crippen molar-refractivity contribution in [1.29, 1.82) is 0 Å². The fourth-order valence-electron chi connectivity index (χ4n) is 7.63. The van der Waals surface area contributed by atoms with E-state index in [1.807, 2.05) is 49.4 Å². The predicted molar refractivity (Wildman–Crippen MR) is 240 cm³/mol. The maximum absolute atomic E-state index is 6.38. The summed E-state index contributed by atoms with van der Waals surface area (Å²) in [7, 11) is 0. The van der Waals surface area contributed by atoms with Gasteiger partial charge >= 0.3 is 113 Å². The molecule has 0 unspecified atom stereocenters. The molecule has 0 saturated heterocycles. The zero-order valence-corrected chi connectivity index (χ0v) is 38.9. The van der Waals surface area contributed by atoms with Crippen molar-refractivity contribution in [2.45, 2.75) is 63.7 Å². The van der Waals surface area contributed by atoms with E-state index >= 15 is 0 Å². The minimum atomic E-state index is -1.80. The van der Waals surface area contributed by atoms with Gasteiger partial charge in [-0.15, -0.1) is 18.2 Å². The molecule has 4 aromatic heterocycles. The van der Waals surface area contributed by atoms with Gasteiger partial charge in [0.2, 0.25) is 5.71 Å². The average Bonchev–Trinajstić information content (AvgIpc) is 3.79. The summed E-state index contributed by atoms with van der Waals surface area (Å²) in [6.45, 7) is 11.0. The Morgan fingerprint density at radius 3 is 2.22 bits per heavy atom. The molecule has 5 aromatic carbocycles. The summed E-state index contributed by atoms with van der Waals surface area (Å²) in [5.41, 5.74) is 13.3. The van der Waals surface area contributed by atoms with Crippen LogP contribution in [0.1, 0.15) is 44.5 Å². The summed E-state index contributed by atoms with van der Waals surface area (Å²) in [5, 5.41) is 2.01. The van der Waals surface area contributed by atoms with Crippen LogP contribution in [-0.2, 0) is 31.9 Å². The number of benzene rings is 5. The molecule has 58 heavy (non-hydrogen) atoms. The molecule has 0 aliphatic rings. The van der Waals surface area contributed by atoms with Gasteiger partial charge in [-0.2, -0.15) is 0 Å². The van der Waals surface area contributed by atoms with Crippen molar-refractivity contribution in [3.05, 3.63) is 163 Å². The van der Waals surface area contributed by atoms with E-state index in [4.69, 9.17) is 9.40 Å². The standard InChI is InChI=1S/C35H28N3O.C16H20GeN.Ir/c1-22-17-19-26-25-13-10-14-27(32(25)39-34(26)36-22)33-37-29-15-8-9-16-31(29)38(33)30-20-18-24(21-28(30)35(2,3)4)23-11-6-5-7-12-23;1-5-13-11-16(14-9-7-6-8-10-14)18-12-15(13)17(2,3)4;/h5-13,15-21H,1-4H3;6-9,11-12H,5H2,1-4H3;/q2*-1;. The quantitative estimate of drug-likeness (QED) is 0.123. The first-order chi connectivity index (χ1) is 27.4. The first-order valence-electron chi connectivity index (χ1n) is 19.8. The molecule has 0 aliphatic heterocycles. The van der Waals surface area contributed by atoms with Gasteiger partial charge in [0.1, 0.15) is 0 Å². The van der Waals surface area contributed by atoms with E-state index in [0.717, 1.165) is 67.8 Å². The monoisotopic (exact) mass is 999 g/mol. The number of nitrogens with zero attached hydrogens (tertiary/aromatic N) is 4. The number of aromatic nitrogens is 4. The number of para-hydroxylation sites is 2. The SMILES string of the molecule is CCc1cc(-c2[c-]cccc2)nc[c]1[Ge]([CH3])([CH3])[CH3].Cc1ccc2c(n1)oc1c(-c3nc4ccccc4n3-c3ccc(-c4ccccc4)cc3C(C)(C)C)[c-]ccc12.[Ir]. The molecule has 0 fully saturated rings. The summed E-state index contributed by atoms with van der Waals surface area (Å²) in [4.78, 5) is 14.4. The van der Waals surface area contributed by atoms with Gasteiger partial charge in [-0.05, 0) is 65.4 Å². The first-order valence-corrected chi connectivity index (χ1v) is 27.1. The Balaban J connectivity index is 0.000000227. The van der Waals surface area contributed by atoms with E-state index in [-0.39, 0.29) is 25.5 Å². The minimum absolute atomic E-state index is 0. The van der Waals surface area contributed by atoms with Crippen LogP contribution in [0.5, 0.6) is 0 Å². The van der Waals surface area contributed by atoms with Gasteiger partial charge in [-0.25, -0.2) is 4.98 Å². The van der Waals surface area contributed by atoms with Crippen LogP contribution in [0.2, 0.25) is 17.3 Å². The van der Waals surface area contributed by atoms with Gasteiger partial charge < -0.3 is 8.98 Å². The number of hydrogen-bond acceptors (Lipinski definition) is 4. The zero-order valence-electron chi connectivity index (χ0n) is 34.4. The van der Waals surface area contributed by atoms with Crippen LogP contribution in [0.15, 0.2) is 138 Å². The Labute approximate surface area is 358 Å². The summed E-state index contributed by atoms with van der Waals surface area (Å²) in [5.74, 6) is 8.06. The van der Waals surface area contributed by atoms with E-state index in [1.165, 1.54) is 26.6 Å².